The van der Waals surface area contributed by atoms with Crippen LogP contribution in [0.2, 0.25) is 5.02 Å². The first kappa shape index (κ1) is 21.6. The van der Waals surface area contributed by atoms with Crippen molar-refractivity contribution in [3.8, 4) is 5.06 Å². The van der Waals surface area contributed by atoms with E-state index in [1.54, 1.807) is 12.1 Å². The average molecular weight is 456 g/mol. The van der Waals surface area contributed by atoms with Gasteiger partial charge >= 0.3 is 11.9 Å². The molecule has 0 fully saturated rings. The van der Waals surface area contributed by atoms with Crippen LogP contribution >= 0.6 is 22.9 Å². The van der Waals surface area contributed by atoms with Gasteiger partial charge in [-0.05, 0) is 48.2 Å². The van der Waals surface area contributed by atoms with Gasteiger partial charge in [0.1, 0.15) is 6.04 Å². The van der Waals surface area contributed by atoms with Crippen LogP contribution in [0, 0.1) is 6.92 Å². The zero-order valence-electron chi connectivity index (χ0n) is 17.3. The molecular weight excluding hydrogens is 434 g/mol. The molecule has 160 valence electrons. The molecule has 1 unspecified atom stereocenters. The molecule has 0 spiro atoms. The summed E-state index contributed by atoms with van der Waals surface area (Å²) in [6, 6.07) is 16.0. The Balaban J connectivity index is 1.55. The Kier molecular flexibility index (Phi) is 6.41. The number of nitrogens with zero attached hydrogens (tertiary/aromatic N) is 1. The number of hydrogen-bond donors (Lipinski definition) is 0. The molecule has 0 radical (unpaired) electrons. The zero-order chi connectivity index (χ0) is 22.0. The second kappa shape index (κ2) is 9.22. The van der Waals surface area contributed by atoms with E-state index in [1.165, 1.54) is 18.4 Å². The van der Waals surface area contributed by atoms with E-state index in [2.05, 4.69) is 4.90 Å². The van der Waals surface area contributed by atoms with E-state index in [1.807, 2.05) is 49.4 Å². The third-order valence-electron chi connectivity index (χ3n) is 5.42. The second-order valence-electron chi connectivity index (χ2n) is 7.39. The van der Waals surface area contributed by atoms with Crippen molar-refractivity contribution in [1.29, 1.82) is 0 Å². The third kappa shape index (κ3) is 4.51. The predicted octanol–water partition coefficient (Wildman–Crippen LogP) is 5.20. The number of benzene rings is 2. The van der Waals surface area contributed by atoms with Crippen molar-refractivity contribution in [2.45, 2.75) is 25.9 Å². The summed E-state index contributed by atoms with van der Waals surface area (Å²) in [7, 11) is 1.38. The fraction of sp³-hybridized carbons (Fsp3) is 0.250. The number of methoxy groups -OCH3 is 1. The van der Waals surface area contributed by atoms with Crippen LogP contribution in [0.4, 0.5) is 0 Å². The van der Waals surface area contributed by atoms with E-state index < -0.39 is 6.04 Å². The van der Waals surface area contributed by atoms with E-state index in [0.717, 1.165) is 28.0 Å². The predicted molar refractivity (Wildman–Crippen MR) is 121 cm³/mol. The molecule has 5 nitrogen and oxygen atoms in total. The first-order chi connectivity index (χ1) is 15.0. The molecule has 1 aliphatic heterocycles. The van der Waals surface area contributed by atoms with Gasteiger partial charge < -0.3 is 9.47 Å². The Morgan fingerprint density at radius 3 is 2.61 bits per heavy atom. The second-order valence-corrected chi connectivity index (χ2v) is 8.89. The minimum absolute atomic E-state index is 0.349. The van der Waals surface area contributed by atoms with Crippen molar-refractivity contribution >= 4 is 34.9 Å². The van der Waals surface area contributed by atoms with Gasteiger partial charge in [-0.3, -0.25) is 4.90 Å². The first-order valence-corrected chi connectivity index (χ1v) is 11.1. The molecule has 0 bridgehead atoms. The van der Waals surface area contributed by atoms with Crippen molar-refractivity contribution in [2.75, 3.05) is 13.7 Å². The number of fused-ring (bicyclic) bond motifs is 1. The van der Waals surface area contributed by atoms with Crippen molar-refractivity contribution < 1.29 is 19.1 Å². The normalized spacial score (nSPS) is 14.5. The van der Waals surface area contributed by atoms with Gasteiger partial charge in [0.25, 0.3) is 0 Å². The highest BCUT2D eigenvalue weighted by atomic mass is 35.5. The lowest BCUT2D eigenvalue weighted by Crippen LogP contribution is -2.38. The van der Waals surface area contributed by atoms with Gasteiger partial charge in [-0.25, -0.2) is 9.59 Å². The molecule has 31 heavy (non-hydrogen) atoms. The summed E-state index contributed by atoms with van der Waals surface area (Å²) in [5.41, 5.74) is 3.20. The number of ether oxygens (including phenoxy) is 2. The molecule has 1 aromatic heterocycles. The van der Waals surface area contributed by atoms with Gasteiger partial charge in [-0.15, -0.1) is 11.3 Å². The summed E-state index contributed by atoms with van der Waals surface area (Å²) in [4.78, 5) is 28.4. The van der Waals surface area contributed by atoms with Crippen LogP contribution in [-0.2, 0) is 22.5 Å². The maximum absolute atomic E-state index is 12.6. The van der Waals surface area contributed by atoms with E-state index >= 15 is 0 Å². The number of carbonyl (C=O) groups excluding carboxylic acids is 2. The van der Waals surface area contributed by atoms with Crippen LogP contribution in [-0.4, -0.2) is 30.5 Å². The maximum Gasteiger partial charge on any atom is 0.344 e. The lowest BCUT2D eigenvalue weighted by Gasteiger charge is -2.33. The van der Waals surface area contributed by atoms with Crippen molar-refractivity contribution in [1.82, 2.24) is 4.90 Å². The van der Waals surface area contributed by atoms with Gasteiger partial charge in [0.05, 0.1) is 12.7 Å². The fourth-order valence-electron chi connectivity index (χ4n) is 3.83. The minimum Gasteiger partial charge on any atom is -0.468 e. The van der Waals surface area contributed by atoms with Crippen molar-refractivity contribution in [2.24, 2.45) is 0 Å². The number of thiophene rings is 1. The number of rotatable bonds is 5. The van der Waals surface area contributed by atoms with Crippen LogP contribution in [0.1, 0.15) is 38.0 Å². The van der Waals surface area contributed by atoms with E-state index in [9.17, 15) is 9.59 Å². The van der Waals surface area contributed by atoms with Crippen LogP contribution in [0.3, 0.4) is 0 Å². The monoisotopic (exact) mass is 455 g/mol. The summed E-state index contributed by atoms with van der Waals surface area (Å²) >= 11 is 7.86. The smallest absolute Gasteiger partial charge is 0.344 e. The third-order valence-corrected chi connectivity index (χ3v) is 6.88. The number of esters is 2. The topological polar surface area (TPSA) is 55.8 Å². The highest BCUT2D eigenvalue weighted by Crippen LogP contribution is 2.38. The molecule has 1 atom stereocenters. The lowest BCUT2D eigenvalue weighted by molar-refractivity contribution is -0.147. The van der Waals surface area contributed by atoms with E-state index in [0.29, 0.717) is 28.7 Å². The van der Waals surface area contributed by atoms with Crippen LogP contribution in [0.5, 0.6) is 5.06 Å². The Labute approximate surface area is 190 Å². The Hall–Kier alpha value is -2.67. The Morgan fingerprint density at radius 2 is 1.87 bits per heavy atom. The summed E-state index contributed by atoms with van der Waals surface area (Å²) < 4.78 is 10.7. The van der Waals surface area contributed by atoms with E-state index in [4.69, 9.17) is 21.1 Å². The standard InChI is InChI=1S/C24H22ClNO4S/c1-15-7-3-4-8-17(15)23(27)30-21-13-16-14-26(12-11-20(16)31-21)22(24(28)29-2)18-9-5-6-10-19(18)25/h3-10,13,22H,11-12,14H2,1-2H3. The van der Waals surface area contributed by atoms with Crippen LogP contribution < -0.4 is 4.74 Å². The summed E-state index contributed by atoms with van der Waals surface area (Å²) in [5.74, 6) is -0.713. The van der Waals surface area contributed by atoms with Crippen molar-refractivity contribution in [3.05, 3.63) is 86.8 Å². The fourth-order valence-corrected chi connectivity index (χ4v) is 5.08. The maximum atomic E-state index is 12.6. The molecule has 1 aliphatic rings. The Bertz CT molecular complexity index is 1130. The number of aryl methyl sites for hydroxylation is 1. The highest BCUT2D eigenvalue weighted by Gasteiger charge is 2.33. The van der Waals surface area contributed by atoms with Crippen molar-refractivity contribution in [3.63, 3.8) is 0 Å². The number of halogens is 1. The molecule has 2 aromatic carbocycles. The Morgan fingerprint density at radius 1 is 1.13 bits per heavy atom. The molecule has 3 aromatic rings. The average Bonchev–Trinajstić information content (AvgIpc) is 3.16. The molecule has 0 N–H and O–H groups in total. The molecule has 0 aliphatic carbocycles. The SMILES string of the molecule is COC(=O)C(c1ccccc1Cl)N1CCc2sc(OC(=O)c3ccccc3C)cc2C1. The summed E-state index contributed by atoms with van der Waals surface area (Å²) in [5, 5.41) is 1.09. The lowest BCUT2D eigenvalue weighted by atomic mass is 10.0. The first-order valence-electron chi connectivity index (χ1n) is 9.93. The minimum atomic E-state index is -0.593. The van der Waals surface area contributed by atoms with Crippen LogP contribution in [0.25, 0.3) is 0 Å². The summed E-state index contributed by atoms with van der Waals surface area (Å²) in [6.45, 7) is 3.10. The molecule has 0 amide bonds. The van der Waals surface area contributed by atoms with Crippen LogP contribution in [0.15, 0.2) is 54.6 Å². The summed E-state index contributed by atoms with van der Waals surface area (Å²) in [6.07, 6.45) is 0.750. The molecule has 0 saturated carbocycles. The van der Waals surface area contributed by atoms with Gasteiger partial charge in [0.2, 0.25) is 0 Å². The zero-order valence-corrected chi connectivity index (χ0v) is 18.8. The van der Waals surface area contributed by atoms with E-state index in [-0.39, 0.29) is 11.9 Å². The van der Waals surface area contributed by atoms with Gasteiger partial charge in [-0.2, -0.15) is 0 Å². The molecule has 2 heterocycles. The number of carbonyl (C=O) groups is 2. The molecule has 4 rings (SSSR count). The molecule has 0 saturated heterocycles. The quantitative estimate of drug-likeness (QED) is 0.495. The largest absolute Gasteiger partial charge is 0.468 e. The molecule has 7 heteroatoms. The highest BCUT2D eigenvalue weighted by molar-refractivity contribution is 7.14. The molecular formula is C24H22ClNO4S. The van der Waals surface area contributed by atoms with Gasteiger partial charge in [0.15, 0.2) is 5.06 Å². The van der Waals surface area contributed by atoms with Gasteiger partial charge in [0, 0.05) is 23.0 Å². The number of hydrogen-bond acceptors (Lipinski definition) is 6. The van der Waals surface area contributed by atoms with Gasteiger partial charge in [-0.1, -0.05) is 48.0 Å².